The van der Waals surface area contributed by atoms with Crippen molar-refractivity contribution in [3.05, 3.63) is 40.4 Å². The Kier molecular flexibility index (Phi) is 7.57. The van der Waals surface area contributed by atoms with Gasteiger partial charge in [-0.05, 0) is 25.6 Å². The summed E-state index contributed by atoms with van der Waals surface area (Å²) in [5, 5.41) is 6.78. The van der Waals surface area contributed by atoms with Crippen molar-refractivity contribution in [2.24, 2.45) is 0 Å². The maximum atomic E-state index is 11.8. The van der Waals surface area contributed by atoms with Gasteiger partial charge < -0.3 is 15.4 Å². The lowest BCUT2D eigenvalue weighted by molar-refractivity contribution is -0.127. The monoisotopic (exact) mass is 330 g/mol. The van der Waals surface area contributed by atoms with Crippen LogP contribution in [0.2, 0.25) is 10.0 Å². The van der Waals surface area contributed by atoms with E-state index in [1.807, 2.05) is 6.92 Å². The van der Waals surface area contributed by atoms with Crippen molar-refractivity contribution in [3.63, 3.8) is 0 Å². The molecule has 1 aromatic carbocycles. The first-order valence-corrected chi connectivity index (χ1v) is 7.49. The van der Waals surface area contributed by atoms with E-state index in [-0.39, 0.29) is 5.91 Å². The molecule has 0 bridgehead atoms. The summed E-state index contributed by atoms with van der Waals surface area (Å²) in [4.78, 5) is 11.8. The van der Waals surface area contributed by atoms with Crippen LogP contribution in [0.15, 0.2) is 24.8 Å². The average molecular weight is 331 g/mol. The number of nitrogens with one attached hydrogen (secondary N) is 2. The van der Waals surface area contributed by atoms with Crippen molar-refractivity contribution in [1.82, 2.24) is 10.6 Å². The largest absolute Gasteiger partial charge is 0.479 e. The Hall–Kier alpha value is -1.23. The van der Waals surface area contributed by atoms with E-state index in [2.05, 4.69) is 17.2 Å². The van der Waals surface area contributed by atoms with E-state index in [0.717, 1.165) is 12.1 Å². The standard InChI is InChI=1S/C15H20Cl2N2O2/c1-4-6-19-15(20)10(3)21-14-11(9-18-5-2)7-12(16)8-13(14)17/h4,7-8,10,18H,1,5-6,9H2,2-3H3,(H,19,20). The number of rotatable bonds is 8. The topological polar surface area (TPSA) is 50.4 Å². The summed E-state index contributed by atoms with van der Waals surface area (Å²) in [5.74, 6) is 0.249. The molecule has 0 saturated carbocycles. The van der Waals surface area contributed by atoms with Gasteiger partial charge in [0.05, 0.1) is 5.02 Å². The second-order valence-corrected chi connectivity index (χ2v) is 5.29. The van der Waals surface area contributed by atoms with Crippen LogP contribution in [0.3, 0.4) is 0 Å². The van der Waals surface area contributed by atoms with Crippen molar-refractivity contribution in [3.8, 4) is 5.75 Å². The molecule has 0 saturated heterocycles. The SMILES string of the molecule is C=CCNC(=O)C(C)Oc1c(Cl)cc(Cl)cc1CNCC. The van der Waals surface area contributed by atoms with Crippen molar-refractivity contribution < 1.29 is 9.53 Å². The van der Waals surface area contributed by atoms with Gasteiger partial charge in [-0.1, -0.05) is 36.2 Å². The summed E-state index contributed by atoms with van der Waals surface area (Å²) in [5.41, 5.74) is 0.817. The Labute approximate surface area is 135 Å². The minimum atomic E-state index is -0.663. The third kappa shape index (κ3) is 5.58. The number of hydrogen-bond donors (Lipinski definition) is 2. The molecule has 0 aliphatic heterocycles. The first-order valence-electron chi connectivity index (χ1n) is 6.73. The van der Waals surface area contributed by atoms with Gasteiger partial charge >= 0.3 is 0 Å². The van der Waals surface area contributed by atoms with Gasteiger partial charge in [-0.25, -0.2) is 0 Å². The molecule has 4 nitrogen and oxygen atoms in total. The third-order valence-electron chi connectivity index (χ3n) is 2.74. The second kappa shape index (κ2) is 8.93. The molecule has 0 radical (unpaired) electrons. The number of carbonyl (C=O) groups is 1. The van der Waals surface area contributed by atoms with E-state index in [1.165, 1.54) is 0 Å². The highest BCUT2D eigenvalue weighted by atomic mass is 35.5. The number of benzene rings is 1. The Bertz CT molecular complexity index is 507. The first-order chi connectivity index (χ1) is 9.99. The zero-order valence-electron chi connectivity index (χ0n) is 12.2. The van der Waals surface area contributed by atoms with Crippen LogP contribution in [-0.4, -0.2) is 25.1 Å². The van der Waals surface area contributed by atoms with E-state index in [4.69, 9.17) is 27.9 Å². The van der Waals surface area contributed by atoms with Crippen LogP contribution in [0.5, 0.6) is 5.75 Å². The molecule has 0 spiro atoms. The zero-order chi connectivity index (χ0) is 15.8. The molecule has 0 aromatic heterocycles. The van der Waals surface area contributed by atoms with Crippen LogP contribution in [0.4, 0.5) is 0 Å². The van der Waals surface area contributed by atoms with Gasteiger partial charge in [0.1, 0.15) is 5.75 Å². The molecule has 116 valence electrons. The first kappa shape index (κ1) is 17.8. The molecule has 2 N–H and O–H groups in total. The fourth-order valence-electron chi connectivity index (χ4n) is 1.68. The molecule has 0 aliphatic carbocycles. The zero-order valence-corrected chi connectivity index (χ0v) is 13.7. The fraction of sp³-hybridized carbons (Fsp3) is 0.400. The van der Waals surface area contributed by atoms with Gasteiger partial charge in [0.25, 0.3) is 5.91 Å². The fourth-order valence-corrected chi connectivity index (χ4v) is 2.26. The summed E-state index contributed by atoms with van der Waals surface area (Å²) in [6.45, 7) is 8.97. The molecule has 1 rings (SSSR count). The summed E-state index contributed by atoms with van der Waals surface area (Å²) in [6.07, 6.45) is 0.945. The molecule has 1 atom stereocenters. The number of amides is 1. The van der Waals surface area contributed by atoms with Gasteiger partial charge in [-0.15, -0.1) is 6.58 Å². The lowest BCUT2D eigenvalue weighted by atomic mass is 10.2. The molecule has 21 heavy (non-hydrogen) atoms. The van der Waals surface area contributed by atoms with Crippen LogP contribution in [0, 0.1) is 0 Å². The van der Waals surface area contributed by atoms with Crippen molar-refractivity contribution in [1.29, 1.82) is 0 Å². The van der Waals surface area contributed by atoms with E-state index >= 15 is 0 Å². The average Bonchev–Trinajstić information content (AvgIpc) is 2.45. The van der Waals surface area contributed by atoms with Crippen LogP contribution < -0.4 is 15.4 Å². The molecular formula is C15H20Cl2N2O2. The van der Waals surface area contributed by atoms with Gasteiger partial charge in [-0.3, -0.25) is 4.79 Å². The summed E-state index contributed by atoms with van der Waals surface area (Å²) in [6, 6.07) is 3.38. The lowest BCUT2D eigenvalue weighted by Gasteiger charge is -2.18. The second-order valence-electron chi connectivity index (χ2n) is 4.45. The number of carbonyl (C=O) groups excluding carboxylic acids is 1. The normalized spacial score (nSPS) is 11.8. The van der Waals surface area contributed by atoms with Crippen LogP contribution in [0.1, 0.15) is 19.4 Å². The Morgan fingerprint density at radius 1 is 1.48 bits per heavy atom. The highest BCUT2D eigenvalue weighted by Crippen LogP contribution is 2.33. The molecule has 1 amide bonds. The third-order valence-corrected chi connectivity index (χ3v) is 3.23. The minimum absolute atomic E-state index is 0.227. The Balaban J connectivity index is 2.89. The maximum absolute atomic E-state index is 11.8. The van der Waals surface area contributed by atoms with Crippen molar-refractivity contribution in [2.75, 3.05) is 13.1 Å². The molecular weight excluding hydrogens is 311 g/mol. The van der Waals surface area contributed by atoms with Gasteiger partial charge in [0, 0.05) is 23.7 Å². The molecule has 6 heteroatoms. The molecule has 1 aromatic rings. The van der Waals surface area contributed by atoms with Crippen LogP contribution in [-0.2, 0) is 11.3 Å². The minimum Gasteiger partial charge on any atom is -0.479 e. The molecule has 0 heterocycles. The van der Waals surface area contributed by atoms with Crippen molar-refractivity contribution >= 4 is 29.1 Å². The van der Waals surface area contributed by atoms with Crippen LogP contribution >= 0.6 is 23.2 Å². The summed E-state index contributed by atoms with van der Waals surface area (Å²) >= 11 is 12.2. The molecule has 1 unspecified atom stereocenters. The van der Waals surface area contributed by atoms with Crippen molar-refractivity contribution in [2.45, 2.75) is 26.5 Å². The van der Waals surface area contributed by atoms with E-state index in [0.29, 0.717) is 28.9 Å². The van der Waals surface area contributed by atoms with E-state index in [1.54, 1.807) is 25.1 Å². The predicted octanol–water partition coefficient (Wildman–Crippen LogP) is 3.17. The number of ether oxygens (including phenoxy) is 1. The smallest absolute Gasteiger partial charge is 0.261 e. The van der Waals surface area contributed by atoms with Gasteiger partial charge in [0.15, 0.2) is 6.10 Å². The highest BCUT2D eigenvalue weighted by Gasteiger charge is 2.18. The predicted molar refractivity (Wildman–Crippen MR) is 87.1 cm³/mol. The summed E-state index contributed by atoms with van der Waals surface area (Å²) in [7, 11) is 0. The summed E-state index contributed by atoms with van der Waals surface area (Å²) < 4.78 is 5.71. The quantitative estimate of drug-likeness (QED) is 0.720. The van der Waals surface area contributed by atoms with E-state index < -0.39 is 6.10 Å². The Morgan fingerprint density at radius 2 is 2.19 bits per heavy atom. The van der Waals surface area contributed by atoms with E-state index in [9.17, 15) is 4.79 Å². The highest BCUT2D eigenvalue weighted by molar-refractivity contribution is 6.35. The van der Waals surface area contributed by atoms with Crippen LogP contribution in [0.25, 0.3) is 0 Å². The number of halogens is 2. The molecule has 0 aliphatic rings. The molecule has 0 fully saturated rings. The lowest BCUT2D eigenvalue weighted by Crippen LogP contribution is -2.36. The van der Waals surface area contributed by atoms with Gasteiger partial charge in [-0.2, -0.15) is 0 Å². The van der Waals surface area contributed by atoms with Gasteiger partial charge in [0.2, 0.25) is 0 Å². The maximum Gasteiger partial charge on any atom is 0.261 e. The number of hydrogen-bond acceptors (Lipinski definition) is 3. The Morgan fingerprint density at radius 3 is 2.81 bits per heavy atom.